The van der Waals surface area contributed by atoms with Gasteiger partial charge in [-0.05, 0) is 55.6 Å². The van der Waals surface area contributed by atoms with E-state index in [1.54, 1.807) is 0 Å². The quantitative estimate of drug-likeness (QED) is 0.580. The van der Waals surface area contributed by atoms with Crippen LogP contribution in [0.2, 0.25) is 0 Å². The highest BCUT2D eigenvalue weighted by molar-refractivity contribution is 5.26. The third kappa shape index (κ3) is 4.07. The number of hydrogen-bond donors (Lipinski definition) is 0. The minimum absolute atomic E-state index is 0.580. The van der Waals surface area contributed by atoms with E-state index in [0.29, 0.717) is 5.92 Å². The van der Waals surface area contributed by atoms with Crippen LogP contribution in [0.25, 0.3) is 0 Å². The molecule has 0 bridgehead atoms. The van der Waals surface area contributed by atoms with Crippen molar-refractivity contribution in [3.05, 3.63) is 35.4 Å². The Morgan fingerprint density at radius 1 is 1.05 bits per heavy atom. The third-order valence-corrected chi connectivity index (χ3v) is 4.85. The number of unbranched alkanes of at least 4 members (excludes halogenated alkanes) is 1. The van der Waals surface area contributed by atoms with Crippen molar-refractivity contribution in [3.63, 3.8) is 0 Å². The van der Waals surface area contributed by atoms with Crippen LogP contribution in [0, 0.1) is 0 Å². The maximum atomic E-state index is 14.6. The molecule has 0 radical (unpaired) electrons. The van der Waals surface area contributed by atoms with Crippen molar-refractivity contribution in [1.82, 2.24) is 0 Å². The van der Waals surface area contributed by atoms with Crippen LogP contribution in [0.4, 0.5) is 4.39 Å². The summed E-state index contributed by atoms with van der Waals surface area (Å²) in [6, 6.07) is 9.06. The molecule has 0 unspecified atom stereocenters. The molecule has 0 aromatic heterocycles. The lowest BCUT2D eigenvalue weighted by Gasteiger charge is -2.34. The van der Waals surface area contributed by atoms with Crippen molar-refractivity contribution in [3.8, 4) is 0 Å². The average Bonchev–Trinajstić information content (AvgIpc) is 2.47. The van der Waals surface area contributed by atoms with Gasteiger partial charge in [0.15, 0.2) is 0 Å². The number of halogens is 1. The molecule has 1 aromatic rings. The molecule has 0 atom stereocenters. The van der Waals surface area contributed by atoms with Gasteiger partial charge >= 0.3 is 0 Å². The van der Waals surface area contributed by atoms with E-state index >= 15 is 0 Å². The van der Waals surface area contributed by atoms with Gasteiger partial charge in [0.1, 0.15) is 5.67 Å². The van der Waals surface area contributed by atoms with Gasteiger partial charge in [0.2, 0.25) is 0 Å². The second kappa shape index (κ2) is 7.24. The van der Waals surface area contributed by atoms with Crippen molar-refractivity contribution in [2.45, 2.75) is 83.2 Å². The van der Waals surface area contributed by atoms with E-state index in [1.165, 1.54) is 17.5 Å². The largest absolute Gasteiger partial charge is 0.244 e. The second-order valence-electron chi connectivity index (χ2n) is 6.52. The zero-order valence-corrected chi connectivity index (χ0v) is 13.1. The van der Waals surface area contributed by atoms with E-state index in [9.17, 15) is 4.39 Å². The van der Waals surface area contributed by atoms with Crippen molar-refractivity contribution >= 4 is 0 Å². The molecule has 0 nitrogen and oxygen atoms in total. The van der Waals surface area contributed by atoms with Crippen LogP contribution in [0.15, 0.2) is 24.3 Å². The van der Waals surface area contributed by atoms with Crippen molar-refractivity contribution in [1.29, 1.82) is 0 Å². The van der Waals surface area contributed by atoms with Crippen LogP contribution in [-0.2, 0) is 6.42 Å². The Balaban J connectivity index is 1.89. The summed E-state index contributed by atoms with van der Waals surface area (Å²) in [6.07, 6.45) is 8.83. The summed E-state index contributed by atoms with van der Waals surface area (Å²) in [5, 5.41) is 0. The molecular weight excluding hydrogens is 247 g/mol. The summed E-state index contributed by atoms with van der Waals surface area (Å²) >= 11 is 0. The number of rotatable bonds is 6. The zero-order valence-electron chi connectivity index (χ0n) is 13.1. The average molecular weight is 276 g/mol. The normalized spacial score (nSPS) is 26.6. The predicted octanol–water partition coefficient (Wildman–Crippen LogP) is 6.20. The highest BCUT2D eigenvalue weighted by Gasteiger charge is 2.34. The molecule has 1 heteroatoms. The first-order chi connectivity index (χ1) is 9.67. The van der Waals surface area contributed by atoms with E-state index < -0.39 is 5.67 Å². The van der Waals surface area contributed by atoms with E-state index in [2.05, 4.69) is 38.1 Å². The van der Waals surface area contributed by atoms with E-state index in [4.69, 9.17) is 0 Å². The highest BCUT2D eigenvalue weighted by Crippen LogP contribution is 2.42. The summed E-state index contributed by atoms with van der Waals surface area (Å²) in [5.41, 5.74) is 1.98. The van der Waals surface area contributed by atoms with Gasteiger partial charge in [0, 0.05) is 0 Å². The van der Waals surface area contributed by atoms with E-state index in [1.807, 2.05) is 0 Å². The van der Waals surface area contributed by atoms with Gasteiger partial charge in [0.05, 0.1) is 0 Å². The summed E-state index contributed by atoms with van der Waals surface area (Å²) in [4.78, 5) is 0. The molecule has 1 fully saturated rings. The van der Waals surface area contributed by atoms with Gasteiger partial charge in [-0.15, -0.1) is 0 Å². The lowest BCUT2D eigenvalue weighted by Crippen LogP contribution is -2.28. The smallest absolute Gasteiger partial charge is 0.111 e. The Morgan fingerprint density at radius 3 is 2.25 bits per heavy atom. The molecule has 0 heterocycles. The predicted molar refractivity (Wildman–Crippen MR) is 85.0 cm³/mol. The third-order valence-electron chi connectivity index (χ3n) is 4.85. The maximum absolute atomic E-state index is 14.6. The molecule has 0 amide bonds. The van der Waals surface area contributed by atoms with E-state index in [-0.39, 0.29) is 0 Å². The van der Waals surface area contributed by atoms with Crippen LogP contribution < -0.4 is 0 Å². The minimum atomic E-state index is -0.866. The molecule has 20 heavy (non-hydrogen) atoms. The Morgan fingerprint density at radius 2 is 1.70 bits per heavy atom. The molecule has 1 saturated carbocycles. The van der Waals surface area contributed by atoms with Gasteiger partial charge in [-0.2, -0.15) is 0 Å². The van der Waals surface area contributed by atoms with Crippen LogP contribution in [0.3, 0.4) is 0 Å². The molecule has 0 spiro atoms. The van der Waals surface area contributed by atoms with Crippen LogP contribution >= 0.6 is 0 Å². The van der Waals surface area contributed by atoms with Crippen molar-refractivity contribution in [2.24, 2.45) is 0 Å². The molecule has 2 rings (SSSR count). The van der Waals surface area contributed by atoms with Crippen LogP contribution in [0.5, 0.6) is 0 Å². The highest BCUT2D eigenvalue weighted by atomic mass is 19.1. The standard InChI is InChI=1S/C19H29F/c1-3-5-13-19(20)14-11-18(12-15-19)17-9-7-16(6-4-2)8-10-17/h7-10,18H,3-6,11-15H2,1-2H3. The molecule has 1 aliphatic carbocycles. The number of aryl methyl sites for hydroxylation is 1. The fourth-order valence-corrected chi connectivity index (χ4v) is 3.46. The maximum Gasteiger partial charge on any atom is 0.111 e. The molecular formula is C19H29F. The number of alkyl halides is 1. The van der Waals surface area contributed by atoms with Gasteiger partial charge in [-0.1, -0.05) is 57.4 Å². The Hall–Kier alpha value is -0.850. The summed E-state index contributed by atoms with van der Waals surface area (Å²) in [7, 11) is 0. The Labute approximate surface area is 123 Å². The van der Waals surface area contributed by atoms with Crippen molar-refractivity contribution < 1.29 is 4.39 Å². The Kier molecular flexibility index (Phi) is 5.63. The topological polar surface area (TPSA) is 0 Å². The van der Waals surface area contributed by atoms with Gasteiger partial charge in [0.25, 0.3) is 0 Å². The molecule has 0 saturated heterocycles. The molecule has 0 aliphatic heterocycles. The van der Waals surface area contributed by atoms with Crippen molar-refractivity contribution in [2.75, 3.05) is 0 Å². The summed E-state index contributed by atoms with van der Waals surface area (Å²) < 4.78 is 14.6. The zero-order chi connectivity index (χ0) is 14.4. The second-order valence-corrected chi connectivity index (χ2v) is 6.52. The summed E-state index contributed by atoms with van der Waals surface area (Å²) in [6.45, 7) is 4.36. The first-order valence-electron chi connectivity index (χ1n) is 8.44. The summed E-state index contributed by atoms with van der Waals surface area (Å²) in [5.74, 6) is 0.580. The van der Waals surface area contributed by atoms with E-state index in [0.717, 1.165) is 51.4 Å². The lowest BCUT2D eigenvalue weighted by molar-refractivity contribution is 0.0856. The van der Waals surface area contributed by atoms with Gasteiger partial charge in [-0.3, -0.25) is 0 Å². The van der Waals surface area contributed by atoms with Gasteiger partial charge < -0.3 is 0 Å². The molecule has 1 aliphatic rings. The fourth-order valence-electron chi connectivity index (χ4n) is 3.46. The minimum Gasteiger partial charge on any atom is -0.244 e. The van der Waals surface area contributed by atoms with Crippen LogP contribution in [-0.4, -0.2) is 5.67 Å². The molecule has 1 aromatic carbocycles. The molecule has 0 N–H and O–H groups in total. The monoisotopic (exact) mass is 276 g/mol. The first kappa shape index (κ1) is 15.5. The number of benzene rings is 1. The van der Waals surface area contributed by atoms with Crippen LogP contribution in [0.1, 0.15) is 82.3 Å². The lowest BCUT2D eigenvalue weighted by atomic mass is 9.75. The van der Waals surface area contributed by atoms with Gasteiger partial charge in [-0.25, -0.2) is 4.39 Å². The fraction of sp³-hybridized carbons (Fsp3) is 0.684. The first-order valence-corrected chi connectivity index (χ1v) is 8.44. The molecule has 112 valence electrons. The number of hydrogen-bond acceptors (Lipinski definition) is 0. The Bertz CT molecular complexity index is 385. The SMILES string of the molecule is CCCCC1(F)CCC(c2ccc(CCC)cc2)CC1.